The van der Waals surface area contributed by atoms with Gasteiger partial charge in [-0.3, -0.25) is 14.4 Å². The van der Waals surface area contributed by atoms with Crippen molar-refractivity contribution in [3.8, 4) is 10.4 Å². The van der Waals surface area contributed by atoms with Crippen LogP contribution in [0.1, 0.15) is 82.1 Å². The zero-order valence-electron chi connectivity index (χ0n) is 24.8. The Morgan fingerprint density at radius 2 is 1.85 bits per heavy atom. The molecule has 3 heterocycles. The Morgan fingerprint density at radius 1 is 1.17 bits per heavy atom. The summed E-state index contributed by atoms with van der Waals surface area (Å²) < 4.78 is 5.43. The van der Waals surface area contributed by atoms with Crippen LogP contribution >= 0.6 is 11.3 Å². The van der Waals surface area contributed by atoms with Crippen LogP contribution in [-0.4, -0.2) is 56.4 Å². The number of hydrogen-bond donors (Lipinski definition) is 2. The van der Waals surface area contributed by atoms with Crippen LogP contribution in [0.2, 0.25) is 0 Å². The van der Waals surface area contributed by atoms with Gasteiger partial charge in [0.05, 0.1) is 33.9 Å². The molecule has 220 valence electrons. The molecule has 2 amide bonds. The zero-order chi connectivity index (χ0) is 30.1. The molecule has 0 unspecified atom stereocenters. The van der Waals surface area contributed by atoms with Crippen molar-refractivity contribution in [2.75, 3.05) is 6.54 Å². The first kappa shape index (κ1) is 30.6. The first-order chi connectivity index (χ1) is 19.3. The first-order valence-corrected chi connectivity index (χ1v) is 14.9. The fourth-order valence-electron chi connectivity index (χ4n) is 5.21. The second-order valence-electron chi connectivity index (χ2n) is 12.3. The van der Waals surface area contributed by atoms with E-state index in [1.165, 1.54) is 4.90 Å². The number of carbonyl (C=O) groups is 3. The third kappa shape index (κ3) is 6.93. The summed E-state index contributed by atoms with van der Waals surface area (Å²) in [6, 6.07) is 8.03. The fourth-order valence-corrected chi connectivity index (χ4v) is 6.02. The Hall–Kier alpha value is -3.37. The van der Waals surface area contributed by atoms with Crippen LogP contribution in [0, 0.1) is 25.2 Å². The van der Waals surface area contributed by atoms with Gasteiger partial charge in [-0.25, -0.2) is 4.98 Å². The van der Waals surface area contributed by atoms with E-state index in [2.05, 4.69) is 15.5 Å². The maximum absolute atomic E-state index is 13.8. The highest BCUT2D eigenvalue weighted by Crippen LogP contribution is 2.33. The van der Waals surface area contributed by atoms with Gasteiger partial charge in [0.25, 0.3) is 0 Å². The minimum absolute atomic E-state index is 0.00475. The standard InChI is InChI=1S/C31H40N4O5S/c1-17(2)27(25-12-18(3)34-40-25)30(39)35-15-22(36)13-24(35)29(38)33-23(14-26(37)31(5,6)7)20-8-10-21(11-9-20)28-19(4)32-16-41-28/h8-12,16-17,22-24,27,36H,13-15H2,1-7H3,(H,33,38)/t22-,23+,24+,27-/m1/s1. The molecule has 1 aromatic carbocycles. The summed E-state index contributed by atoms with van der Waals surface area (Å²) >= 11 is 1.56. The van der Waals surface area contributed by atoms with Gasteiger partial charge in [0.15, 0.2) is 0 Å². The normalized spacial score (nSPS) is 18.9. The summed E-state index contributed by atoms with van der Waals surface area (Å²) in [4.78, 5) is 47.5. The number of aromatic nitrogens is 2. The summed E-state index contributed by atoms with van der Waals surface area (Å²) in [5.41, 5.74) is 4.63. The molecule has 2 aromatic heterocycles. The van der Waals surface area contributed by atoms with Gasteiger partial charge < -0.3 is 19.8 Å². The zero-order valence-corrected chi connectivity index (χ0v) is 25.6. The van der Waals surface area contributed by atoms with E-state index in [0.717, 1.165) is 21.7 Å². The summed E-state index contributed by atoms with van der Waals surface area (Å²) in [6.07, 6.45) is -0.624. The highest BCUT2D eigenvalue weighted by molar-refractivity contribution is 7.13. The lowest BCUT2D eigenvalue weighted by molar-refractivity contribution is -0.141. The summed E-state index contributed by atoms with van der Waals surface area (Å²) in [7, 11) is 0. The minimum atomic E-state index is -0.880. The molecule has 4 atom stereocenters. The van der Waals surface area contributed by atoms with Crippen molar-refractivity contribution < 1.29 is 24.0 Å². The Balaban J connectivity index is 1.59. The number of likely N-dealkylation sites (tertiary alicyclic amines) is 1. The van der Waals surface area contributed by atoms with E-state index in [0.29, 0.717) is 11.5 Å². The predicted molar refractivity (Wildman–Crippen MR) is 157 cm³/mol. The van der Waals surface area contributed by atoms with Crippen molar-refractivity contribution >= 4 is 28.9 Å². The van der Waals surface area contributed by atoms with Crippen molar-refractivity contribution in [1.29, 1.82) is 0 Å². The maximum Gasteiger partial charge on any atom is 0.243 e. The fraction of sp³-hybridized carbons (Fsp3) is 0.516. The lowest BCUT2D eigenvalue weighted by atomic mass is 9.85. The van der Waals surface area contributed by atoms with Crippen LogP contribution in [0.5, 0.6) is 0 Å². The monoisotopic (exact) mass is 580 g/mol. The summed E-state index contributed by atoms with van der Waals surface area (Å²) in [5.74, 6) is -1.01. The lowest BCUT2D eigenvalue weighted by Gasteiger charge is -2.30. The molecule has 2 N–H and O–H groups in total. The van der Waals surface area contributed by atoms with Crippen molar-refractivity contribution in [3.05, 3.63) is 58.6 Å². The van der Waals surface area contributed by atoms with E-state index < -0.39 is 35.4 Å². The second kappa shape index (κ2) is 12.2. The number of ketones is 1. The van der Waals surface area contributed by atoms with Crippen LogP contribution in [0.4, 0.5) is 0 Å². The van der Waals surface area contributed by atoms with Crippen molar-refractivity contribution in [2.24, 2.45) is 11.3 Å². The molecular formula is C31H40N4O5S. The maximum atomic E-state index is 13.8. The van der Waals surface area contributed by atoms with E-state index >= 15 is 0 Å². The van der Waals surface area contributed by atoms with Gasteiger partial charge >= 0.3 is 0 Å². The number of nitrogens with one attached hydrogen (secondary N) is 1. The smallest absolute Gasteiger partial charge is 0.243 e. The molecule has 0 spiro atoms. The van der Waals surface area contributed by atoms with Gasteiger partial charge in [0.2, 0.25) is 11.8 Å². The van der Waals surface area contributed by atoms with Gasteiger partial charge in [-0.15, -0.1) is 11.3 Å². The van der Waals surface area contributed by atoms with E-state index in [1.807, 2.05) is 65.8 Å². The van der Waals surface area contributed by atoms with E-state index in [4.69, 9.17) is 4.52 Å². The average molecular weight is 581 g/mol. The number of nitrogens with zero attached hydrogens (tertiary/aromatic N) is 3. The molecule has 0 saturated carbocycles. The average Bonchev–Trinajstić information content (AvgIpc) is 3.62. The number of aryl methyl sites for hydroxylation is 2. The van der Waals surface area contributed by atoms with Crippen molar-refractivity contribution in [3.63, 3.8) is 0 Å². The minimum Gasteiger partial charge on any atom is -0.391 e. The van der Waals surface area contributed by atoms with Gasteiger partial charge in [0.1, 0.15) is 23.5 Å². The molecule has 9 nitrogen and oxygen atoms in total. The van der Waals surface area contributed by atoms with Crippen LogP contribution in [0.25, 0.3) is 10.4 Å². The predicted octanol–water partition coefficient (Wildman–Crippen LogP) is 4.98. The molecule has 1 aliphatic rings. The number of thiazole rings is 1. The van der Waals surface area contributed by atoms with E-state index in [9.17, 15) is 19.5 Å². The van der Waals surface area contributed by atoms with Crippen LogP contribution in [0.3, 0.4) is 0 Å². The molecule has 10 heteroatoms. The largest absolute Gasteiger partial charge is 0.391 e. The summed E-state index contributed by atoms with van der Waals surface area (Å²) in [5, 5.41) is 17.5. The van der Waals surface area contributed by atoms with Gasteiger partial charge in [-0.1, -0.05) is 64.0 Å². The van der Waals surface area contributed by atoms with Gasteiger partial charge in [-0.05, 0) is 30.9 Å². The number of β-amino-alcohol motifs (C(OH)–C–C–N with tert-alkyl or cyclic N) is 1. The number of benzene rings is 1. The Morgan fingerprint density at radius 3 is 2.39 bits per heavy atom. The first-order valence-electron chi connectivity index (χ1n) is 14.0. The molecule has 1 saturated heterocycles. The number of Topliss-reactive ketones (excluding diaryl/α,β-unsaturated/α-hetero) is 1. The molecule has 0 bridgehead atoms. The number of hydrogen-bond acceptors (Lipinski definition) is 8. The topological polar surface area (TPSA) is 126 Å². The third-order valence-corrected chi connectivity index (χ3v) is 8.59. The van der Waals surface area contributed by atoms with Crippen LogP contribution in [0.15, 0.2) is 40.4 Å². The number of amides is 2. The Bertz CT molecular complexity index is 1390. The quantitative estimate of drug-likeness (QED) is 0.366. The Kier molecular flexibility index (Phi) is 9.13. The van der Waals surface area contributed by atoms with Crippen LogP contribution in [-0.2, 0) is 14.4 Å². The number of aliphatic hydroxyl groups is 1. The molecule has 41 heavy (non-hydrogen) atoms. The number of carbonyl (C=O) groups excluding carboxylic acids is 3. The van der Waals surface area contributed by atoms with Gasteiger partial charge in [0, 0.05) is 30.9 Å². The Labute approximate surface area is 245 Å². The molecule has 0 radical (unpaired) electrons. The number of aliphatic hydroxyl groups excluding tert-OH is 1. The van der Waals surface area contributed by atoms with Crippen molar-refractivity contribution in [1.82, 2.24) is 20.4 Å². The molecule has 4 rings (SSSR count). The van der Waals surface area contributed by atoms with Gasteiger partial charge in [-0.2, -0.15) is 0 Å². The molecule has 0 aliphatic carbocycles. The lowest BCUT2D eigenvalue weighted by Crippen LogP contribution is -2.49. The van der Waals surface area contributed by atoms with E-state index in [1.54, 1.807) is 29.8 Å². The molecule has 1 aliphatic heterocycles. The molecular weight excluding hydrogens is 540 g/mol. The molecule has 1 fully saturated rings. The van der Waals surface area contributed by atoms with Crippen LogP contribution < -0.4 is 5.32 Å². The summed E-state index contributed by atoms with van der Waals surface area (Å²) in [6.45, 7) is 13.2. The van der Waals surface area contributed by atoms with Crippen molar-refractivity contribution in [2.45, 2.75) is 85.4 Å². The second-order valence-corrected chi connectivity index (χ2v) is 13.2. The third-order valence-electron chi connectivity index (χ3n) is 7.61. The van der Waals surface area contributed by atoms with E-state index in [-0.39, 0.29) is 37.0 Å². The number of rotatable bonds is 9. The highest BCUT2D eigenvalue weighted by atomic mass is 32.1. The SMILES string of the molecule is Cc1cc([C@H](C(=O)N2C[C@H](O)C[C@H]2C(=O)N[C@@H](CC(=O)C(C)(C)C)c2ccc(-c3scnc3C)cc2)C(C)C)on1. The molecule has 3 aromatic rings. The highest BCUT2D eigenvalue weighted by Gasteiger charge is 2.43.